The Bertz CT molecular complexity index is 382. The average Bonchev–Trinajstić information content (AvgIpc) is 2.15. The first-order valence-electron chi connectivity index (χ1n) is 5.79. The van der Waals surface area contributed by atoms with E-state index in [1.807, 2.05) is 32.0 Å². The molecule has 1 rings (SSSR count). The Morgan fingerprint density at radius 2 is 1.94 bits per heavy atom. The van der Waals surface area contributed by atoms with Gasteiger partial charge in [0.2, 0.25) is 0 Å². The van der Waals surface area contributed by atoms with Gasteiger partial charge in [0.05, 0.1) is 6.04 Å². The van der Waals surface area contributed by atoms with E-state index in [1.165, 1.54) is 5.56 Å². The van der Waals surface area contributed by atoms with Crippen LogP contribution in [0.25, 0.3) is 0 Å². The van der Waals surface area contributed by atoms with Gasteiger partial charge in [-0.25, -0.2) is 0 Å². The summed E-state index contributed by atoms with van der Waals surface area (Å²) in [5.74, 6) is 0.510. The minimum absolute atomic E-state index is 0.0613. The minimum Gasteiger partial charge on any atom is -0.321 e. The minimum atomic E-state index is -0.374. The Morgan fingerprint density at radius 3 is 2.44 bits per heavy atom. The molecular formula is C14H21NO. The van der Waals surface area contributed by atoms with Gasteiger partial charge in [0.25, 0.3) is 0 Å². The molecule has 0 radical (unpaired) electrons. The van der Waals surface area contributed by atoms with Crippen molar-refractivity contribution in [2.24, 2.45) is 11.7 Å². The third kappa shape index (κ3) is 3.17. The summed E-state index contributed by atoms with van der Waals surface area (Å²) >= 11 is 0. The average molecular weight is 219 g/mol. The number of aryl methyl sites for hydroxylation is 2. The molecule has 2 nitrogen and oxygen atoms in total. The molecule has 0 fully saturated rings. The molecule has 0 aliphatic carbocycles. The van der Waals surface area contributed by atoms with Gasteiger partial charge in [-0.1, -0.05) is 37.6 Å². The predicted molar refractivity (Wildman–Crippen MR) is 67.7 cm³/mol. The van der Waals surface area contributed by atoms with Gasteiger partial charge < -0.3 is 5.73 Å². The molecule has 88 valence electrons. The summed E-state index contributed by atoms with van der Waals surface area (Å²) in [4.78, 5) is 12.1. The highest BCUT2D eigenvalue weighted by molar-refractivity contribution is 6.01. The van der Waals surface area contributed by atoms with E-state index in [9.17, 15) is 4.79 Å². The van der Waals surface area contributed by atoms with Gasteiger partial charge in [-0.2, -0.15) is 0 Å². The smallest absolute Gasteiger partial charge is 0.179 e. The van der Waals surface area contributed by atoms with E-state index in [2.05, 4.69) is 13.8 Å². The maximum absolute atomic E-state index is 12.1. The molecule has 0 amide bonds. The van der Waals surface area contributed by atoms with Crippen molar-refractivity contribution in [2.45, 2.75) is 40.2 Å². The Morgan fingerprint density at radius 1 is 1.31 bits per heavy atom. The second kappa shape index (κ2) is 5.26. The summed E-state index contributed by atoms with van der Waals surface area (Å²) < 4.78 is 0. The first-order valence-corrected chi connectivity index (χ1v) is 5.79. The van der Waals surface area contributed by atoms with Crippen LogP contribution in [0.5, 0.6) is 0 Å². The molecule has 1 aromatic rings. The Balaban J connectivity index is 2.88. The van der Waals surface area contributed by atoms with Crippen molar-refractivity contribution < 1.29 is 4.79 Å². The number of nitrogens with two attached hydrogens (primary N) is 1. The normalized spacial score (nSPS) is 12.9. The number of Topliss-reactive ketones (excluding diaryl/α,β-unsaturated/α-hetero) is 1. The SMILES string of the molecule is Cc1ccc(C(=O)C(N)CC(C)C)c(C)c1. The summed E-state index contributed by atoms with van der Waals surface area (Å²) in [6, 6.07) is 5.49. The van der Waals surface area contributed by atoms with E-state index in [4.69, 9.17) is 5.73 Å². The van der Waals surface area contributed by atoms with Gasteiger partial charge in [0, 0.05) is 5.56 Å². The molecule has 16 heavy (non-hydrogen) atoms. The molecule has 0 aliphatic heterocycles. The molecule has 1 unspecified atom stereocenters. The van der Waals surface area contributed by atoms with Crippen molar-refractivity contribution in [3.63, 3.8) is 0 Å². The van der Waals surface area contributed by atoms with Crippen LogP contribution in [-0.4, -0.2) is 11.8 Å². The molecule has 1 aromatic carbocycles. The summed E-state index contributed by atoms with van der Waals surface area (Å²) in [7, 11) is 0. The van der Waals surface area contributed by atoms with Crippen LogP contribution in [-0.2, 0) is 0 Å². The van der Waals surface area contributed by atoms with Crippen molar-refractivity contribution in [2.75, 3.05) is 0 Å². The maximum Gasteiger partial charge on any atom is 0.179 e. The van der Waals surface area contributed by atoms with Crippen LogP contribution in [0.4, 0.5) is 0 Å². The lowest BCUT2D eigenvalue weighted by atomic mass is 9.93. The van der Waals surface area contributed by atoms with Crippen LogP contribution in [0.15, 0.2) is 18.2 Å². The van der Waals surface area contributed by atoms with Gasteiger partial charge in [0.15, 0.2) is 5.78 Å². The number of carbonyl (C=O) groups is 1. The number of carbonyl (C=O) groups excluding carboxylic acids is 1. The molecule has 0 aliphatic rings. The predicted octanol–water partition coefficient (Wildman–Crippen LogP) is 2.86. The lowest BCUT2D eigenvalue weighted by Crippen LogP contribution is -2.32. The quantitative estimate of drug-likeness (QED) is 0.791. The van der Waals surface area contributed by atoms with Crippen molar-refractivity contribution in [3.05, 3.63) is 34.9 Å². The monoisotopic (exact) mass is 219 g/mol. The Hall–Kier alpha value is -1.15. The fraction of sp³-hybridized carbons (Fsp3) is 0.500. The van der Waals surface area contributed by atoms with Crippen LogP contribution >= 0.6 is 0 Å². The second-order valence-corrected chi connectivity index (χ2v) is 4.92. The molecule has 0 saturated carbocycles. The van der Waals surface area contributed by atoms with Crippen LogP contribution in [0.3, 0.4) is 0 Å². The Labute approximate surface area is 97.9 Å². The van der Waals surface area contributed by atoms with E-state index in [1.54, 1.807) is 0 Å². The van der Waals surface area contributed by atoms with Gasteiger partial charge in [-0.05, 0) is 31.7 Å². The molecule has 1 atom stereocenters. The molecule has 0 heterocycles. The van der Waals surface area contributed by atoms with Gasteiger partial charge >= 0.3 is 0 Å². The van der Waals surface area contributed by atoms with Gasteiger partial charge in [-0.3, -0.25) is 4.79 Å². The first kappa shape index (κ1) is 12.9. The fourth-order valence-electron chi connectivity index (χ4n) is 1.90. The summed E-state index contributed by atoms with van der Waals surface area (Å²) in [6.07, 6.45) is 0.742. The second-order valence-electron chi connectivity index (χ2n) is 4.92. The van der Waals surface area contributed by atoms with Crippen molar-refractivity contribution in [3.8, 4) is 0 Å². The highest BCUT2D eigenvalue weighted by Crippen LogP contribution is 2.15. The van der Waals surface area contributed by atoms with E-state index >= 15 is 0 Å². The van der Waals surface area contributed by atoms with Crippen molar-refractivity contribution >= 4 is 5.78 Å². The molecular weight excluding hydrogens is 198 g/mol. The van der Waals surface area contributed by atoms with Crippen molar-refractivity contribution in [1.29, 1.82) is 0 Å². The molecule has 0 bridgehead atoms. The first-order chi connectivity index (χ1) is 7.41. The summed E-state index contributed by atoms with van der Waals surface area (Å²) in [6.45, 7) is 8.14. The van der Waals surface area contributed by atoms with Gasteiger partial charge in [0.1, 0.15) is 0 Å². The lowest BCUT2D eigenvalue weighted by molar-refractivity contribution is 0.0950. The van der Waals surface area contributed by atoms with Crippen LogP contribution in [0.1, 0.15) is 41.8 Å². The number of benzene rings is 1. The topological polar surface area (TPSA) is 43.1 Å². The van der Waals surface area contributed by atoms with E-state index in [-0.39, 0.29) is 11.8 Å². The largest absolute Gasteiger partial charge is 0.321 e. The Kier molecular flexibility index (Phi) is 4.25. The molecule has 0 aromatic heterocycles. The highest BCUT2D eigenvalue weighted by Gasteiger charge is 2.18. The number of hydrogen-bond donors (Lipinski definition) is 1. The van der Waals surface area contributed by atoms with Crippen molar-refractivity contribution in [1.82, 2.24) is 0 Å². The highest BCUT2D eigenvalue weighted by atomic mass is 16.1. The summed E-state index contributed by atoms with van der Waals surface area (Å²) in [5, 5.41) is 0. The zero-order valence-electron chi connectivity index (χ0n) is 10.6. The number of rotatable bonds is 4. The van der Waals surface area contributed by atoms with E-state index in [0.717, 1.165) is 17.5 Å². The molecule has 0 saturated heterocycles. The molecule has 0 spiro atoms. The summed E-state index contributed by atoms with van der Waals surface area (Å²) in [5.41, 5.74) is 8.86. The van der Waals surface area contributed by atoms with Crippen LogP contribution in [0, 0.1) is 19.8 Å². The van der Waals surface area contributed by atoms with Crippen LogP contribution < -0.4 is 5.73 Å². The van der Waals surface area contributed by atoms with Crippen LogP contribution in [0.2, 0.25) is 0 Å². The maximum atomic E-state index is 12.1. The zero-order chi connectivity index (χ0) is 12.3. The molecule has 2 N–H and O–H groups in total. The van der Waals surface area contributed by atoms with Gasteiger partial charge in [-0.15, -0.1) is 0 Å². The fourth-order valence-corrected chi connectivity index (χ4v) is 1.90. The zero-order valence-corrected chi connectivity index (χ0v) is 10.6. The van der Waals surface area contributed by atoms with E-state index < -0.39 is 0 Å². The lowest BCUT2D eigenvalue weighted by Gasteiger charge is -2.14. The number of hydrogen-bond acceptors (Lipinski definition) is 2. The molecule has 2 heteroatoms. The third-order valence-corrected chi connectivity index (χ3v) is 2.71. The van der Waals surface area contributed by atoms with E-state index in [0.29, 0.717) is 5.92 Å². The number of ketones is 1. The standard InChI is InChI=1S/C14H21NO/c1-9(2)7-13(15)14(16)12-6-5-10(3)8-11(12)4/h5-6,8-9,13H,7,15H2,1-4H3. The third-order valence-electron chi connectivity index (χ3n) is 2.71.